The van der Waals surface area contributed by atoms with E-state index in [-0.39, 0.29) is 5.91 Å². The Bertz CT molecular complexity index is 471. The molecule has 2 fully saturated rings. The van der Waals surface area contributed by atoms with Gasteiger partial charge in [-0.25, -0.2) is 0 Å². The molecular weight excluding hydrogens is 282 g/mol. The zero-order valence-corrected chi connectivity index (χ0v) is 12.7. The van der Waals surface area contributed by atoms with E-state index in [9.17, 15) is 4.79 Å². The summed E-state index contributed by atoms with van der Waals surface area (Å²) in [7, 11) is 0. The fourth-order valence-electron chi connectivity index (χ4n) is 3.16. The second-order valence-electron chi connectivity index (χ2n) is 5.79. The number of amides is 1. The van der Waals surface area contributed by atoms with E-state index in [4.69, 9.17) is 9.47 Å². The van der Waals surface area contributed by atoms with E-state index < -0.39 is 0 Å². The third-order valence-electron chi connectivity index (χ3n) is 4.44. The monoisotopic (exact) mass is 305 g/mol. The van der Waals surface area contributed by atoms with Crippen LogP contribution in [0.5, 0.6) is 0 Å². The molecule has 0 unspecified atom stereocenters. The van der Waals surface area contributed by atoms with E-state index >= 15 is 0 Å². The summed E-state index contributed by atoms with van der Waals surface area (Å²) in [5, 5.41) is 3.07. The van der Waals surface area contributed by atoms with Crippen LogP contribution in [0.15, 0.2) is 24.5 Å². The highest BCUT2D eigenvalue weighted by molar-refractivity contribution is 5.93. The van der Waals surface area contributed by atoms with Crippen molar-refractivity contribution in [2.24, 2.45) is 5.92 Å². The number of rotatable bonds is 5. The number of aromatic nitrogens is 1. The Kier molecular flexibility index (Phi) is 5.37. The highest BCUT2D eigenvalue weighted by atomic mass is 16.5. The number of nitrogens with zero attached hydrogens (tertiary/aromatic N) is 2. The zero-order chi connectivity index (χ0) is 15.2. The van der Waals surface area contributed by atoms with Gasteiger partial charge < -0.3 is 14.8 Å². The smallest absolute Gasteiger partial charge is 0.251 e. The molecule has 2 saturated heterocycles. The van der Waals surface area contributed by atoms with Gasteiger partial charge in [0.15, 0.2) is 0 Å². The van der Waals surface area contributed by atoms with Crippen LogP contribution in [0.25, 0.3) is 0 Å². The summed E-state index contributed by atoms with van der Waals surface area (Å²) in [6, 6.07) is 3.78. The molecule has 22 heavy (non-hydrogen) atoms. The van der Waals surface area contributed by atoms with E-state index in [1.807, 2.05) is 0 Å². The van der Waals surface area contributed by atoms with Crippen molar-refractivity contribution in [1.29, 1.82) is 0 Å². The second-order valence-corrected chi connectivity index (χ2v) is 5.79. The van der Waals surface area contributed by atoms with E-state index in [0.29, 0.717) is 24.1 Å². The minimum absolute atomic E-state index is 0.0421. The molecule has 0 spiro atoms. The van der Waals surface area contributed by atoms with E-state index in [1.54, 1.807) is 24.5 Å². The fourth-order valence-corrected chi connectivity index (χ4v) is 3.16. The predicted molar refractivity (Wildman–Crippen MR) is 81.7 cm³/mol. The van der Waals surface area contributed by atoms with Crippen LogP contribution < -0.4 is 5.32 Å². The average Bonchev–Trinajstić information content (AvgIpc) is 3.11. The lowest BCUT2D eigenvalue weighted by Gasteiger charge is -2.37. The molecule has 0 aromatic carbocycles. The Morgan fingerprint density at radius 2 is 2.05 bits per heavy atom. The predicted octanol–water partition coefficient (Wildman–Crippen LogP) is 0.549. The van der Waals surface area contributed by atoms with Crippen LogP contribution in [0, 0.1) is 5.92 Å². The van der Waals surface area contributed by atoms with Crippen LogP contribution in [0.1, 0.15) is 16.8 Å². The van der Waals surface area contributed by atoms with E-state index in [2.05, 4.69) is 15.2 Å². The van der Waals surface area contributed by atoms with Gasteiger partial charge in [-0.15, -0.1) is 0 Å². The Labute approximate surface area is 130 Å². The zero-order valence-electron chi connectivity index (χ0n) is 12.7. The molecule has 2 atom stereocenters. The average molecular weight is 305 g/mol. The number of hydrogen-bond acceptors (Lipinski definition) is 5. The number of morpholine rings is 1. The molecule has 120 valence electrons. The number of carbonyl (C=O) groups excluding carboxylic acids is 1. The van der Waals surface area contributed by atoms with Gasteiger partial charge in [0, 0.05) is 56.2 Å². The Balaban J connectivity index is 1.60. The van der Waals surface area contributed by atoms with Crippen LogP contribution in [-0.2, 0) is 9.47 Å². The van der Waals surface area contributed by atoms with Crippen molar-refractivity contribution in [3.63, 3.8) is 0 Å². The summed E-state index contributed by atoms with van der Waals surface area (Å²) in [5.41, 5.74) is 0.651. The SMILES string of the molecule is O=C(NC[C@@H]([C@H]1CCOC1)N1CCOCC1)c1ccncc1. The lowest BCUT2D eigenvalue weighted by molar-refractivity contribution is 0.00166. The van der Waals surface area contributed by atoms with Gasteiger partial charge in [0.25, 0.3) is 5.91 Å². The summed E-state index contributed by atoms with van der Waals surface area (Å²) in [6.07, 6.45) is 4.34. The molecule has 0 saturated carbocycles. The minimum Gasteiger partial charge on any atom is -0.381 e. The third-order valence-corrected chi connectivity index (χ3v) is 4.44. The number of ether oxygens (including phenoxy) is 2. The molecule has 1 aromatic rings. The molecule has 1 aromatic heterocycles. The number of carbonyl (C=O) groups is 1. The maximum Gasteiger partial charge on any atom is 0.251 e. The molecule has 0 aliphatic carbocycles. The summed E-state index contributed by atoms with van der Waals surface area (Å²) < 4.78 is 11.0. The largest absolute Gasteiger partial charge is 0.381 e. The molecule has 0 radical (unpaired) electrons. The maximum absolute atomic E-state index is 12.2. The van der Waals surface area contributed by atoms with Crippen LogP contribution in [-0.4, -0.2) is 67.9 Å². The number of pyridine rings is 1. The first-order valence-electron chi connectivity index (χ1n) is 7.92. The first-order chi connectivity index (χ1) is 10.8. The molecule has 1 amide bonds. The van der Waals surface area contributed by atoms with Gasteiger partial charge in [0.2, 0.25) is 0 Å². The lowest BCUT2D eigenvalue weighted by atomic mass is 9.96. The molecule has 0 bridgehead atoms. The van der Waals surface area contributed by atoms with Crippen LogP contribution >= 0.6 is 0 Å². The van der Waals surface area contributed by atoms with E-state index in [1.165, 1.54) is 0 Å². The molecule has 6 heteroatoms. The van der Waals surface area contributed by atoms with Gasteiger partial charge in [0.1, 0.15) is 0 Å². The topological polar surface area (TPSA) is 63.7 Å². The quantitative estimate of drug-likeness (QED) is 0.861. The Morgan fingerprint density at radius 3 is 2.73 bits per heavy atom. The minimum atomic E-state index is -0.0421. The second kappa shape index (κ2) is 7.67. The van der Waals surface area contributed by atoms with Crippen molar-refractivity contribution in [2.45, 2.75) is 12.5 Å². The summed E-state index contributed by atoms with van der Waals surface area (Å²) in [6.45, 7) is 5.63. The highest BCUT2D eigenvalue weighted by Crippen LogP contribution is 2.21. The number of hydrogen-bond donors (Lipinski definition) is 1. The van der Waals surface area contributed by atoms with Gasteiger partial charge in [-0.1, -0.05) is 0 Å². The van der Waals surface area contributed by atoms with Crippen molar-refractivity contribution in [3.05, 3.63) is 30.1 Å². The standard InChI is InChI=1S/C16H23N3O3/c20-16(13-1-4-17-5-2-13)18-11-15(14-3-8-22-12-14)19-6-9-21-10-7-19/h1-2,4-5,14-15H,3,6-12H2,(H,18,20)/t14-,15-/m0/s1. The molecule has 3 rings (SSSR count). The maximum atomic E-state index is 12.2. The molecule has 2 aliphatic rings. The van der Waals surface area contributed by atoms with Crippen molar-refractivity contribution in [1.82, 2.24) is 15.2 Å². The normalized spacial score (nSPS) is 24.1. The summed E-state index contributed by atoms with van der Waals surface area (Å²) >= 11 is 0. The van der Waals surface area contributed by atoms with Crippen LogP contribution in [0.2, 0.25) is 0 Å². The van der Waals surface area contributed by atoms with Crippen LogP contribution in [0.4, 0.5) is 0 Å². The number of nitrogens with one attached hydrogen (secondary N) is 1. The molecule has 6 nitrogen and oxygen atoms in total. The summed E-state index contributed by atoms with van der Waals surface area (Å²) in [4.78, 5) is 18.6. The van der Waals surface area contributed by atoms with Gasteiger partial charge >= 0.3 is 0 Å². The molecule has 2 aliphatic heterocycles. The van der Waals surface area contributed by atoms with Crippen molar-refractivity contribution < 1.29 is 14.3 Å². The van der Waals surface area contributed by atoms with Crippen molar-refractivity contribution in [3.8, 4) is 0 Å². The summed E-state index contributed by atoms with van der Waals surface area (Å²) in [5.74, 6) is 0.440. The third kappa shape index (κ3) is 3.82. The van der Waals surface area contributed by atoms with Crippen LogP contribution in [0.3, 0.4) is 0 Å². The highest BCUT2D eigenvalue weighted by Gasteiger charge is 2.31. The fraction of sp³-hybridized carbons (Fsp3) is 0.625. The van der Waals surface area contributed by atoms with Crippen molar-refractivity contribution in [2.75, 3.05) is 46.1 Å². The molecular formula is C16H23N3O3. The Hall–Kier alpha value is -1.50. The van der Waals surface area contributed by atoms with Gasteiger partial charge in [-0.05, 0) is 18.6 Å². The molecule has 3 heterocycles. The lowest BCUT2D eigenvalue weighted by Crippen LogP contribution is -2.52. The first kappa shape index (κ1) is 15.4. The van der Waals surface area contributed by atoms with E-state index in [0.717, 1.165) is 45.9 Å². The molecule has 1 N–H and O–H groups in total. The van der Waals surface area contributed by atoms with Gasteiger partial charge in [0.05, 0.1) is 19.8 Å². The van der Waals surface area contributed by atoms with Crippen molar-refractivity contribution >= 4 is 5.91 Å². The van der Waals surface area contributed by atoms with Gasteiger partial charge in [-0.2, -0.15) is 0 Å². The van der Waals surface area contributed by atoms with Gasteiger partial charge in [-0.3, -0.25) is 14.7 Å². The Morgan fingerprint density at radius 1 is 1.27 bits per heavy atom. The first-order valence-corrected chi connectivity index (χ1v) is 7.92.